The van der Waals surface area contributed by atoms with E-state index in [2.05, 4.69) is 0 Å². The molecule has 1 aliphatic heterocycles. The summed E-state index contributed by atoms with van der Waals surface area (Å²) in [5, 5.41) is 0. The SMILES string of the molecule is COc1cc(N(C)C(=O)C2(N)CCOCC2)cc(OC)c1OC.Cl. The molecular weight excluding hydrogens is 336 g/mol. The van der Waals surface area contributed by atoms with E-state index in [0.29, 0.717) is 49.0 Å². The molecule has 2 rings (SSSR count). The fraction of sp³-hybridized carbons (Fsp3) is 0.562. The minimum Gasteiger partial charge on any atom is -0.493 e. The van der Waals surface area contributed by atoms with Crippen LogP contribution < -0.4 is 24.8 Å². The second-order valence-corrected chi connectivity index (χ2v) is 5.52. The Labute approximate surface area is 148 Å². The predicted molar refractivity (Wildman–Crippen MR) is 93.7 cm³/mol. The molecule has 1 aromatic rings. The third-order valence-corrected chi connectivity index (χ3v) is 4.15. The summed E-state index contributed by atoms with van der Waals surface area (Å²) in [5.41, 5.74) is 6.00. The highest BCUT2D eigenvalue weighted by molar-refractivity contribution is 6.00. The summed E-state index contributed by atoms with van der Waals surface area (Å²) in [5.74, 6) is 1.29. The third kappa shape index (κ3) is 3.85. The highest BCUT2D eigenvalue weighted by atomic mass is 35.5. The Hall–Kier alpha value is -1.70. The van der Waals surface area contributed by atoms with Gasteiger partial charge in [0.05, 0.1) is 27.0 Å². The zero-order valence-electron chi connectivity index (χ0n) is 14.5. The van der Waals surface area contributed by atoms with Crippen molar-refractivity contribution in [2.24, 2.45) is 5.73 Å². The summed E-state index contributed by atoms with van der Waals surface area (Å²) in [6, 6.07) is 3.45. The first-order valence-corrected chi connectivity index (χ1v) is 7.41. The van der Waals surface area contributed by atoms with E-state index in [9.17, 15) is 4.79 Å². The van der Waals surface area contributed by atoms with E-state index < -0.39 is 5.54 Å². The Morgan fingerprint density at radius 1 is 1.12 bits per heavy atom. The molecule has 1 amide bonds. The Morgan fingerprint density at radius 3 is 2.04 bits per heavy atom. The largest absolute Gasteiger partial charge is 0.493 e. The van der Waals surface area contributed by atoms with Crippen LogP contribution >= 0.6 is 12.4 Å². The van der Waals surface area contributed by atoms with Crippen LogP contribution in [-0.4, -0.2) is 53.0 Å². The van der Waals surface area contributed by atoms with Crippen molar-refractivity contribution >= 4 is 24.0 Å². The van der Waals surface area contributed by atoms with Gasteiger partial charge >= 0.3 is 0 Å². The number of benzene rings is 1. The third-order valence-electron chi connectivity index (χ3n) is 4.15. The van der Waals surface area contributed by atoms with Crippen molar-refractivity contribution in [3.63, 3.8) is 0 Å². The molecule has 1 fully saturated rings. The summed E-state index contributed by atoms with van der Waals surface area (Å²) in [7, 11) is 6.29. The van der Waals surface area contributed by atoms with Gasteiger partial charge in [-0.15, -0.1) is 12.4 Å². The molecule has 0 radical (unpaired) electrons. The van der Waals surface area contributed by atoms with Gasteiger partial charge in [0.2, 0.25) is 11.7 Å². The van der Waals surface area contributed by atoms with Crippen LogP contribution in [0.15, 0.2) is 12.1 Å². The molecule has 7 nitrogen and oxygen atoms in total. The van der Waals surface area contributed by atoms with E-state index in [0.717, 1.165) is 0 Å². The molecule has 0 saturated carbocycles. The zero-order chi connectivity index (χ0) is 17.0. The number of ether oxygens (including phenoxy) is 4. The second kappa shape index (κ2) is 8.41. The average molecular weight is 361 g/mol. The molecule has 2 N–H and O–H groups in total. The van der Waals surface area contributed by atoms with E-state index in [-0.39, 0.29) is 18.3 Å². The van der Waals surface area contributed by atoms with Gasteiger partial charge in [0.1, 0.15) is 5.54 Å². The lowest BCUT2D eigenvalue weighted by Crippen LogP contribution is -2.57. The van der Waals surface area contributed by atoms with Crippen LogP contribution in [0.25, 0.3) is 0 Å². The van der Waals surface area contributed by atoms with Crippen LogP contribution in [0.2, 0.25) is 0 Å². The van der Waals surface area contributed by atoms with Crippen molar-refractivity contribution in [3.8, 4) is 17.2 Å². The first kappa shape index (κ1) is 20.3. The van der Waals surface area contributed by atoms with Gasteiger partial charge in [-0.05, 0) is 12.8 Å². The van der Waals surface area contributed by atoms with Gasteiger partial charge in [0.25, 0.3) is 0 Å². The minimum absolute atomic E-state index is 0. The normalized spacial score (nSPS) is 15.9. The number of carbonyl (C=O) groups excluding carboxylic acids is 1. The number of nitrogens with zero attached hydrogens (tertiary/aromatic N) is 1. The maximum absolute atomic E-state index is 12.8. The Morgan fingerprint density at radius 2 is 1.62 bits per heavy atom. The second-order valence-electron chi connectivity index (χ2n) is 5.52. The van der Waals surface area contributed by atoms with Gasteiger partial charge < -0.3 is 29.6 Å². The van der Waals surface area contributed by atoms with Crippen LogP contribution in [0.3, 0.4) is 0 Å². The quantitative estimate of drug-likeness (QED) is 0.858. The van der Waals surface area contributed by atoms with E-state index in [1.807, 2.05) is 0 Å². The van der Waals surface area contributed by atoms with Gasteiger partial charge in [-0.3, -0.25) is 4.79 Å². The van der Waals surface area contributed by atoms with E-state index in [4.69, 9.17) is 24.7 Å². The summed E-state index contributed by atoms with van der Waals surface area (Å²) in [6.07, 6.45) is 1.00. The number of nitrogens with two attached hydrogens (primary N) is 1. The molecule has 0 aliphatic carbocycles. The number of carbonyl (C=O) groups is 1. The molecule has 8 heteroatoms. The molecule has 0 aromatic heterocycles. The predicted octanol–water partition coefficient (Wildman–Crippen LogP) is 1.60. The fourth-order valence-corrected chi connectivity index (χ4v) is 2.66. The molecule has 24 heavy (non-hydrogen) atoms. The van der Waals surface area contributed by atoms with Crippen molar-refractivity contribution in [1.29, 1.82) is 0 Å². The number of likely N-dealkylation sites (N-methyl/N-ethyl adjacent to an activating group) is 1. The number of hydrogen-bond acceptors (Lipinski definition) is 6. The van der Waals surface area contributed by atoms with Gasteiger partial charge in [-0.25, -0.2) is 0 Å². The van der Waals surface area contributed by atoms with Gasteiger partial charge in [-0.1, -0.05) is 0 Å². The maximum Gasteiger partial charge on any atom is 0.246 e. The smallest absolute Gasteiger partial charge is 0.246 e. The Balaban J connectivity index is 0.00000288. The minimum atomic E-state index is -0.909. The van der Waals surface area contributed by atoms with E-state index in [1.165, 1.54) is 26.2 Å². The summed E-state index contributed by atoms with van der Waals surface area (Å²) in [4.78, 5) is 14.3. The number of halogens is 1. The molecular formula is C16H25ClN2O5. The summed E-state index contributed by atoms with van der Waals surface area (Å²) >= 11 is 0. The summed E-state index contributed by atoms with van der Waals surface area (Å²) < 4.78 is 21.2. The van der Waals surface area contributed by atoms with E-state index >= 15 is 0 Å². The molecule has 1 aliphatic rings. The molecule has 0 unspecified atom stereocenters. The topological polar surface area (TPSA) is 83.3 Å². The number of methoxy groups -OCH3 is 3. The van der Waals surface area contributed by atoms with Crippen molar-refractivity contribution in [2.45, 2.75) is 18.4 Å². The Bertz CT molecular complexity index is 551. The van der Waals surface area contributed by atoms with Crippen LogP contribution in [0.5, 0.6) is 17.2 Å². The lowest BCUT2D eigenvalue weighted by atomic mass is 9.89. The highest BCUT2D eigenvalue weighted by Gasteiger charge is 2.38. The number of rotatable bonds is 5. The molecule has 0 bridgehead atoms. The first-order chi connectivity index (χ1) is 11.0. The van der Waals surface area contributed by atoms with Crippen molar-refractivity contribution in [3.05, 3.63) is 12.1 Å². The highest BCUT2D eigenvalue weighted by Crippen LogP contribution is 2.41. The van der Waals surface area contributed by atoms with Crippen molar-refractivity contribution in [1.82, 2.24) is 0 Å². The molecule has 1 aromatic carbocycles. The molecule has 1 heterocycles. The number of anilines is 1. The lowest BCUT2D eigenvalue weighted by molar-refractivity contribution is -0.126. The molecule has 0 spiro atoms. The summed E-state index contributed by atoms with van der Waals surface area (Å²) in [6.45, 7) is 0.983. The first-order valence-electron chi connectivity index (χ1n) is 7.41. The lowest BCUT2D eigenvalue weighted by Gasteiger charge is -2.35. The average Bonchev–Trinajstić information content (AvgIpc) is 2.59. The van der Waals surface area contributed by atoms with Gasteiger partial charge in [0.15, 0.2) is 11.5 Å². The molecule has 136 valence electrons. The van der Waals surface area contributed by atoms with Crippen LogP contribution in [-0.2, 0) is 9.53 Å². The standard InChI is InChI=1S/C16H24N2O5.ClH/c1-18(15(19)16(17)5-7-23-8-6-16)11-9-12(20-2)14(22-4)13(10-11)21-3;/h9-10H,5-8,17H2,1-4H3;1H. The van der Waals surface area contributed by atoms with Crippen molar-refractivity contribution in [2.75, 3.05) is 46.5 Å². The van der Waals surface area contributed by atoms with Gasteiger partial charge in [0, 0.05) is 32.4 Å². The zero-order valence-corrected chi connectivity index (χ0v) is 15.3. The Kier molecular flexibility index (Phi) is 7.13. The van der Waals surface area contributed by atoms with Crippen LogP contribution in [0.4, 0.5) is 5.69 Å². The molecule has 0 atom stereocenters. The number of amides is 1. The van der Waals surface area contributed by atoms with Gasteiger partial charge in [-0.2, -0.15) is 0 Å². The fourth-order valence-electron chi connectivity index (χ4n) is 2.66. The van der Waals surface area contributed by atoms with Crippen LogP contribution in [0, 0.1) is 0 Å². The monoisotopic (exact) mass is 360 g/mol. The van der Waals surface area contributed by atoms with Crippen LogP contribution in [0.1, 0.15) is 12.8 Å². The maximum atomic E-state index is 12.8. The van der Waals surface area contributed by atoms with E-state index in [1.54, 1.807) is 19.2 Å². The number of hydrogen-bond donors (Lipinski definition) is 1. The van der Waals surface area contributed by atoms with Crippen molar-refractivity contribution < 1.29 is 23.7 Å². The molecule has 1 saturated heterocycles.